The molecule has 1 unspecified atom stereocenters. The normalized spacial score (nSPS) is 12.9. The molecule has 2 rings (SSSR count). The summed E-state index contributed by atoms with van der Waals surface area (Å²) in [5.41, 5.74) is 0. The van der Waals surface area contributed by atoms with E-state index in [0.29, 0.717) is 17.5 Å². The number of aromatic amines is 1. The molecule has 2 aromatic rings. The third-order valence-electron chi connectivity index (χ3n) is 2.12. The molecule has 0 saturated carbocycles. The van der Waals surface area contributed by atoms with Crippen LogP contribution in [-0.4, -0.2) is 32.4 Å². The Labute approximate surface area is 86.3 Å². The van der Waals surface area contributed by atoms with E-state index < -0.39 is 0 Å². The van der Waals surface area contributed by atoms with Gasteiger partial charge in [0, 0.05) is 0 Å². The van der Waals surface area contributed by atoms with Gasteiger partial charge >= 0.3 is 0 Å². The average Bonchev–Trinajstić information content (AvgIpc) is 2.89. The fourth-order valence-electron chi connectivity index (χ4n) is 1.29. The van der Waals surface area contributed by atoms with Crippen LogP contribution in [0.15, 0.2) is 10.9 Å². The lowest BCUT2D eigenvalue weighted by atomic mass is 10.2. The van der Waals surface area contributed by atoms with Crippen molar-refractivity contribution in [3.05, 3.63) is 12.2 Å². The summed E-state index contributed by atoms with van der Waals surface area (Å²) in [6.07, 6.45) is 2.29. The van der Waals surface area contributed by atoms with Crippen LogP contribution in [-0.2, 0) is 0 Å². The Morgan fingerprint density at radius 2 is 2.47 bits per heavy atom. The highest BCUT2D eigenvalue weighted by atomic mass is 16.5. The van der Waals surface area contributed by atoms with E-state index in [2.05, 4.69) is 30.6 Å². The van der Waals surface area contributed by atoms with Crippen molar-refractivity contribution in [3.63, 3.8) is 0 Å². The molecule has 2 aromatic heterocycles. The first-order valence-corrected chi connectivity index (χ1v) is 4.71. The van der Waals surface area contributed by atoms with Crippen molar-refractivity contribution in [3.8, 4) is 11.6 Å². The van der Waals surface area contributed by atoms with E-state index in [1.54, 1.807) is 0 Å². The molecule has 0 fully saturated rings. The van der Waals surface area contributed by atoms with Gasteiger partial charge in [-0.2, -0.15) is 10.1 Å². The number of nitrogens with zero attached hydrogens (tertiary/aromatic N) is 4. The van der Waals surface area contributed by atoms with Gasteiger partial charge in [0.05, 0.1) is 6.04 Å². The lowest BCUT2D eigenvalue weighted by molar-refractivity contribution is 0.334. The SMILES string of the molecule is CCC(NC)c1nc(-c2ncn[nH]2)no1. The maximum Gasteiger partial charge on any atom is 0.244 e. The van der Waals surface area contributed by atoms with Crippen LogP contribution in [0.5, 0.6) is 0 Å². The van der Waals surface area contributed by atoms with Crippen molar-refractivity contribution >= 4 is 0 Å². The largest absolute Gasteiger partial charge is 0.337 e. The Bertz CT molecular complexity index is 404. The summed E-state index contributed by atoms with van der Waals surface area (Å²) >= 11 is 0. The fourth-order valence-corrected chi connectivity index (χ4v) is 1.29. The van der Waals surface area contributed by atoms with Gasteiger partial charge in [0.15, 0.2) is 5.82 Å². The lowest BCUT2D eigenvalue weighted by Gasteiger charge is -2.06. The van der Waals surface area contributed by atoms with Crippen molar-refractivity contribution in [2.45, 2.75) is 19.4 Å². The second-order valence-corrected chi connectivity index (χ2v) is 3.04. The van der Waals surface area contributed by atoms with Crippen LogP contribution in [0.1, 0.15) is 25.3 Å². The molecular weight excluding hydrogens is 196 g/mol. The van der Waals surface area contributed by atoms with Gasteiger partial charge in [-0.05, 0) is 13.5 Å². The van der Waals surface area contributed by atoms with Gasteiger partial charge in [-0.25, -0.2) is 4.98 Å². The Morgan fingerprint density at radius 3 is 3.07 bits per heavy atom. The first-order valence-electron chi connectivity index (χ1n) is 4.71. The second kappa shape index (κ2) is 4.18. The zero-order valence-electron chi connectivity index (χ0n) is 8.56. The van der Waals surface area contributed by atoms with Crippen molar-refractivity contribution in [1.29, 1.82) is 0 Å². The predicted molar refractivity (Wildman–Crippen MR) is 51.8 cm³/mol. The topological polar surface area (TPSA) is 92.5 Å². The minimum atomic E-state index is 0.0779. The second-order valence-electron chi connectivity index (χ2n) is 3.04. The van der Waals surface area contributed by atoms with Crippen LogP contribution in [0.3, 0.4) is 0 Å². The average molecular weight is 208 g/mol. The molecule has 0 spiro atoms. The minimum absolute atomic E-state index is 0.0779. The summed E-state index contributed by atoms with van der Waals surface area (Å²) in [5, 5.41) is 13.3. The van der Waals surface area contributed by atoms with Crippen molar-refractivity contribution < 1.29 is 4.52 Å². The van der Waals surface area contributed by atoms with Crippen molar-refractivity contribution in [2.24, 2.45) is 0 Å². The van der Waals surface area contributed by atoms with E-state index in [9.17, 15) is 0 Å². The maximum absolute atomic E-state index is 5.12. The molecule has 7 nitrogen and oxygen atoms in total. The van der Waals surface area contributed by atoms with Gasteiger partial charge < -0.3 is 9.84 Å². The lowest BCUT2D eigenvalue weighted by Crippen LogP contribution is -2.15. The van der Waals surface area contributed by atoms with E-state index in [1.807, 2.05) is 14.0 Å². The van der Waals surface area contributed by atoms with E-state index in [1.165, 1.54) is 6.33 Å². The minimum Gasteiger partial charge on any atom is -0.337 e. The summed E-state index contributed by atoms with van der Waals surface area (Å²) in [4.78, 5) is 8.16. The Hall–Kier alpha value is -1.76. The van der Waals surface area contributed by atoms with E-state index in [-0.39, 0.29) is 6.04 Å². The highest BCUT2D eigenvalue weighted by Gasteiger charge is 2.16. The van der Waals surface area contributed by atoms with Crippen molar-refractivity contribution in [2.75, 3.05) is 7.05 Å². The molecule has 0 amide bonds. The highest BCUT2D eigenvalue weighted by Crippen LogP contribution is 2.16. The highest BCUT2D eigenvalue weighted by molar-refractivity contribution is 5.39. The third kappa shape index (κ3) is 1.86. The monoisotopic (exact) mass is 208 g/mol. The molecule has 80 valence electrons. The fraction of sp³-hybridized carbons (Fsp3) is 0.500. The van der Waals surface area contributed by atoms with Crippen molar-refractivity contribution in [1.82, 2.24) is 30.6 Å². The van der Waals surface area contributed by atoms with E-state index in [4.69, 9.17) is 4.52 Å². The van der Waals surface area contributed by atoms with Gasteiger partial charge in [0.2, 0.25) is 11.7 Å². The smallest absolute Gasteiger partial charge is 0.244 e. The summed E-state index contributed by atoms with van der Waals surface area (Å²) in [6, 6.07) is 0.0779. The van der Waals surface area contributed by atoms with Crippen LogP contribution >= 0.6 is 0 Å². The van der Waals surface area contributed by atoms with Crippen LogP contribution < -0.4 is 5.32 Å². The number of aromatic nitrogens is 5. The molecule has 0 bridgehead atoms. The molecular formula is C8H12N6O. The van der Waals surface area contributed by atoms with Crippen LogP contribution in [0.2, 0.25) is 0 Å². The van der Waals surface area contributed by atoms with Crippen LogP contribution in [0.4, 0.5) is 0 Å². The molecule has 0 aliphatic carbocycles. The Balaban J connectivity index is 2.24. The maximum atomic E-state index is 5.12. The Morgan fingerprint density at radius 1 is 1.60 bits per heavy atom. The van der Waals surface area contributed by atoms with Crippen LogP contribution in [0, 0.1) is 0 Å². The van der Waals surface area contributed by atoms with Crippen LogP contribution in [0.25, 0.3) is 11.6 Å². The quantitative estimate of drug-likeness (QED) is 0.761. The number of hydrogen-bond acceptors (Lipinski definition) is 6. The number of hydrogen-bond donors (Lipinski definition) is 2. The van der Waals surface area contributed by atoms with Gasteiger partial charge in [0.25, 0.3) is 0 Å². The molecule has 1 atom stereocenters. The molecule has 2 heterocycles. The molecule has 2 N–H and O–H groups in total. The zero-order chi connectivity index (χ0) is 10.7. The van der Waals surface area contributed by atoms with Gasteiger partial charge in [-0.15, -0.1) is 0 Å². The van der Waals surface area contributed by atoms with Gasteiger partial charge in [-0.3, -0.25) is 5.10 Å². The number of H-pyrrole nitrogens is 1. The number of nitrogens with one attached hydrogen (secondary N) is 2. The first-order chi connectivity index (χ1) is 7.35. The predicted octanol–water partition coefficient (Wildman–Crippen LogP) is 0.525. The summed E-state index contributed by atoms with van der Waals surface area (Å²) in [7, 11) is 1.85. The van der Waals surface area contributed by atoms with E-state index >= 15 is 0 Å². The Kier molecular flexibility index (Phi) is 2.72. The zero-order valence-corrected chi connectivity index (χ0v) is 8.56. The summed E-state index contributed by atoms with van der Waals surface area (Å²) in [6.45, 7) is 2.04. The molecule has 15 heavy (non-hydrogen) atoms. The molecule has 0 radical (unpaired) electrons. The first kappa shape index (κ1) is 9.78. The molecule has 0 aliphatic heterocycles. The molecule has 0 saturated heterocycles. The molecule has 0 aromatic carbocycles. The standard InChI is InChI=1S/C8H12N6O/c1-3-5(9-2)8-12-7(14-15-8)6-10-4-11-13-6/h4-5,9H,3H2,1-2H3,(H,10,11,13). The van der Waals surface area contributed by atoms with Gasteiger partial charge in [0.1, 0.15) is 6.33 Å². The summed E-state index contributed by atoms with van der Waals surface area (Å²) in [5.74, 6) is 1.50. The summed E-state index contributed by atoms with van der Waals surface area (Å²) < 4.78 is 5.12. The third-order valence-corrected chi connectivity index (χ3v) is 2.12. The molecule has 7 heteroatoms. The number of rotatable bonds is 4. The van der Waals surface area contributed by atoms with E-state index in [0.717, 1.165) is 6.42 Å². The van der Waals surface area contributed by atoms with Gasteiger partial charge in [-0.1, -0.05) is 12.1 Å². The molecule has 0 aliphatic rings.